The molecule has 0 saturated carbocycles. The van der Waals surface area contributed by atoms with Crippen LogP contribution in [-0.2, 0) is 64.6 Å². The number of hydrogen-bond acceptors (Lipinski definition) is 5. The van der Waals surface area contributed by atoms with Gasteiger partial charge in [-0.05, 0) is 52.6 Å². The number of rotatable bonds is 14. The molecule has 7 nitrogen and oxygen atoms in total. The van der Waals surface area contributed by atoms with Crippen LogP contribution in [0.1, 0.15) is 155 Å². The average Bonchev–Trinajstić information content (AvgIpc) is 3.80. The quantitative estimate of drug-likeness (QED) is 0.0616. The molecule has 1 saturated heterocycles. The van der Waals surface area contributed by atoms with E-state index < -0.39 is 0 Å². The Morgan fingerprint density at radius 2 is 0.922 bits per heavy atom. The molecular weight excluding hydrogens is 954 g/mol. The van der Waals surface area contributed by atoms with E-state index in [1.54, 1.807) is 0 Å². The summed E-state index contributed by atoms with van der Waals surface area (Å²) < 4.78 is 4.94. The van der Waals surface area contributed by atoms with E-state index in [4.69, 9.17) is 23.9 Å². The summed E-state index contributed by atoms with van der Waals surface area (Å²) in [4.78, 5) is 31.0. The molecule has 0 amide bonds. The third kappa shape index (κ3) is 95.8. The van der Waals surface area contributed by atoms with Crippen LogP contribution < -0.4 is 10.6 Å². The van der Waals surface area contributed by atoms with Gasteiger partial charge in [0.1, 0.15) is 0 Å². The molecule has 4 unspecified atom stereocenters. The molecule has 1 aliphatic rings. The largest absolute Gasteiger partial charge is 0.702 e. The van der Waals surface area contributed by atoms with Gasteiger partial charge in [-0.1, -0.05) is 148 Å². The van der Waals surface area contributed by atoms with Crippen LogP contribution in [0.3, 0.4) is 0 Å². The molecule has 0 aliphatic carbocycles. The Kier molecular flexibility index (Phi) is 112. The smallest absolute Gasteiger partial charge is 0.0466 e. The predicted molar refractivity (Wildman–Crippen MR) is 296 cm³/mol. The molecule has 2 aromatic carbocycles. The Labute approximate surface area is 429 Å². The third-order valence-corrected chi connectivity index (χ3v) is 8.63. The van der Waals surface area contributed by atoms with Crippen molar-refractivity contribution in [3.8, 4) is 0 Å². The van der Waals surface area contributed by atoms with Gasteiger partial charge < -0.3 is 53.9 Å². The Morgan fingerprint density at radius 1 is 0.594 bits per heavy atom. The molecule has 0 aromatic heterocycles. The maximum atomic E-state index is 7.75. The minimum atomic E-state index is 0. The second kappa shape index (κ2) is 79.7. The summed E-state index contributed by atoms with van der Waals surface area (Å²) in [5.41, 5.74) is 5.68. The van der Waals surface area contributed by atoms with Crippen LogP contribution in [0.4, 0.5) is 0 Å². The number of nitrogens with zero attached hydrogens (tertiary/aromatic N) is 2. The second-order valence-electron chi connectivity index (χ2n) is 15.3. The minimum absolute atomic E-state index is 0. The first-order valence-electron chi connectivity index (χ1n) is 21.3. The van der Waals surface area contributed by atoms with Crippen molar-refractivity contribution in [2.45, 2.75) is 173 Å². The van der Waals surface area contributed by atoms with E-state index in [1.807, 2.05) is 47.1 Å². The van der Waals surface area contributed by atoms with Gasteiger partial charge in [0.05, 0.1) is 0 Å². The summed E-state index contributed by atoms with van der Waals surface area (Å²) >= 11 is 0. The van der Waals surface area contributed by atoms with Crippen LogP contribution >= 0.6 is 35.6 Å². The normalized spacial score (nSPS) is 10.2. The molecule has 0 bridgehead atoms. The first-order valence-corrected chi connectivity index (χ1v) is 24.8. The molecule has 13 heteroatoms. The van der Waals surface area contributed by atoms with E-state index in [0.717, 1.165) is 84.5 Å². The first kappa shape index (κ1) is 90.1. The van der Waals surface area contributed by atoms with Gasteiger partial charge in [-0.3, -0.25) is 27.2 Å². The van der Waals surface area contributed by atoms with Gasteiger partial charge in [0.2, 0.25) is 0 Å². The maximum Gasteiger partial charge on any atom is 0.0466 e. The van der Waals surface area contributed by atoms with Crippen molar-refractivity contribution in [3.63, 3.8) is 0 Å². The molecule has 2 aromatic rings. The van der Waals surface area contributed by atoms with Gasteiger partial charge in [-0.25, -0.2) is 5.56 Å². The Morgan fingerprint density at radius 3 is 1.27 bits per heavy atom. The summed E-state index contributed by atoms with van der Waals surface area (Å²) in [6, 6.07) is 17.4. The average molecular weight is 1050 g/mol. The molecule has 0 spiro atoms. The molecule has 3 rings (SSSR count). The molecule has 384 valence electrons. The van der Waals surface area contributed by atoms with Gasteiger partial charge in [0, 0.05) is 47.4 Å². The van der Waals surface area contributed by atoms with Gasteiger partial charge in [0.25, 0.3) is 0 Å². The zero-order valence-corrected chi connectivity index (χ0v) is 49.0. The molecule has 64 heavy (non-hydrogen) atoms. The Hall–Kier alpha value is -0.371. The van der Waals surface area contributed by atoms with E-state index >= 15 is 0 Å². The first-order chi connectivity index (χ1) is 29.0. The molecule has 1 aliphatic heterocycles. The fraction of sp³-hybridized carbons (Fsp3) is 0.627. The van der Waals surface area contributed by atoms with E-state index in [0.29, 0.717) is 0 Å². The molecule has 4 atom stereocenters. The maximum absolute atomic E-state index is 7.75. The molecule has 2 radical (unpaired) electrons. The number of benzene rings is 2. The summed E-state index contributed by atoms with van der Waals surface area (Å²) in [6.07, 6.45) is 8.93. The summed E-state index contributed by atoms with van der Waals surface area (Å²) in [6.45, 7) is 54.5. The fourth-order valence-corrected chi connectivity index (χ4v) is 6.01. The molecule has 1 fully saturated rings. The van der Waals surface area contributed by atoms with Crippen LogP contribution in [-0.4, -0.2) is 76.1 Å². The Balaban J connectivity index is -0.0000000611. The molecule has 1 heterocycles. The summed E-state index contributed by atoms with van der Waals surface area (Å²) in [7, 11) is 7.10. The van der Waals surface area contributed by atoms with E-state index in [9.17, 15) is 0 Å². The van der Waals surface area contributed by atoms with Crippen LogP contribution in [0.5, 0.6) is 0 Å². The SMILES string of the molecule is C.C1CCOC1.CC(C)CC[N-]Cc1ccccc1PC(C)C.CC(C)CC[N-][CH-]c1ccccc1PC(C)C.CC(C)P.CC(C)P.C[CH-]C.C[CH-]C.[CH-]=O.[CH-]=O.[CH-]=O.[CH-]=O.[Mn].[Mn]. The van der Waals surface area contributed by atoms with Gasteiger partial charge >= 0.3 is 0 Å². The van der Waals surface area contributed by atoms with Gasteiger partial charge in [0.15, 0.2) is 0 Å². The van der Waals surface area contributed by atoms with Crippen molar-refractivity contribution < 1.29 is 58.1 Å². The monoisotopic (exact) mass is 1050 g/mol. The zero-order chi connectivity index (χ0) is 49.5. The summed E-state index contributed by atoms with van der Waals surface area (Å²) in [5, 5.41) is 12.1. The summed E-state index contributed by atoms with van der Waals surface area (Å²) in [5.74, 6) is 1.49. The zero-order valence-electron chi connectivity index (χ0n) is 42.3. The van der Waals surface area contributed by atoms with Crippen molar-refractivity contribution in [1.82, 2.24) is 0 Å². The van der Waals surface area contributed by atoms with Crippen LogP contribution in [0.15, 0.2) is 48.5 Å². The van der Waals surface area contributed by atoms with Gasteiger partial charge in [-0.15, -0.1) is 57.6 Å². The number of hydrogen-bond donors (Lipinski definition) is 0. The van der Waals surface area contributed by atoms with Crippen molar-refractivity contribution in [1.29, 1.82) is 0 Å². The standard InChI is InChI=1S/C15H25NP.C15H24NP.C4H8O.2C3H9P.2C3H7.4CHO.CH4.2Mn/c2*1-12(2)9-10-16-11-14-7-5-6-8-15(14)17-13(3)4;1-2-4-5-3-1;2*1-3(2)4;2*1-3-2;4*1-2;;;/h5-8,12-13,17H,9-11H2,1-4H3;5-8,11-13,17H,9-10H2,1-4H3;1-4H2;2*3H,4H2,1-2H3;2*3H,1-2H3;4*1H;1H4;;/q-1;-2;;;;6*-1;;;. The second-order valence-corrected chi connectivity index (χ2v) is 21.9. The van der Waals surface area contributed by atoms with Crippen molar-refractivity contribution in [2.75, 3.05) is 26.3 Å². The van der Waals surface area contributed by atoms with Gasteiger partial charge in [-0.2, -0.15) is 40.3 Å². The van der Waals surface area contributed by atoms with Crippen LogP contribution in [0, 0.1) is 31.2 Å². The van der Waals surface area contributed by atoms with Crippen molar-refractivity contribution >= 4 is 73.4 Å². The topological polar surface area (TPSA) is 106 Å². The fourth-order valence-electron chi connectivity index (χ4n) is 3.72. The molecule has 0 N–H and O–H groups in total. The van der Waals surface area contributed by atoms with E-state index in [2.05, 4.69) is 188 Å². The minimum Gasteiger partial charge on any atom is -0.702 e. The number of ether oxygens (including phenoxy) is 1. The van der Waals surface area contributed by atoms with E-state index in [-0.39, 0.29) is 41.6 Å². The van der Waals surface area contributed by atoms with E-state index in [1.165, 1.54) is 47.4 Å². The van der Waals surface area contributed by atoms with Crippen molar-refractivity contribution in [3.05, 3.63) is 89.7 Å². The van der Waals surface area contributed by atoms with Crippen LogP contribution in [0.2, 0.25) is 0 Å². The number of carbonyl (C=O) groups excluding carboxylic acids is 4. The molecular formula is C51H97Mn2N2O5P4-9. The van der Waals surface area contributed by atoms with Crippen LogP contribution in [0.25, 0.3) is 10.6 Å². The Bertz CT molecular complexity index is 979. The predicted octanol–water partition coefficient (Wildman–Crippen LogP) is 14.0. The van der Waals surface area contributed by atoms with Crippen molar-refractivity contribution in [2.24, 2.45) is 11.8 Å². The third-order valence-electron chi connectivity index (χ3n) is 5.91.